The van der Waals surface area contributed by atoms with Gasteiger partial charge in [0.25, 0.3) is 0 Å². The van der Waals surface area contributed by atoms with Crippen molar-refractivity contribution >= 4 is 44.8 Å². The first-order chi connectivity index (χ1) is 12.1. The van der Waals surface area contributed by atoms with E-state index in [2.05, 4.69) is 5.32 Å². The van der Waals surface area contributed by atoms with E-state index in [-0.39, 0.29) is 15.7 Å². The average Bonchev–Trinajstić information content (AvgIpc) is 2.51. The van der Waals surface area contributed by atoms with Gasteiger partial charge in [-0.3, -0.25) is 9.10 Å². The molecule has 0 fully saturated rings. The number of hydrogen-bond donors (Lipinski definition) is 1. The Kier molecular flexibility index (Phi) is 6.55. The minimum atomic E-state index is -3.73. The van der Waals surface area contributed by atoms with Crippen molar-refractivity contribution in [1.29, 1.82) is 0 Å². The van der Waals surface area contributed by atoms with E-state index in [9.17, 15) is 13.2 Å². The van der Waals surface area contributed by atoms with Crippen LogP contribution in [0.1, 0.15) is 18.1 Å². The lowest BCUT2D eigenvalue weighted by atomic mass is 10.1. The van der Waals surface area contributed by atoms with Crippen LogP contribution in [0.5, 0.6) is 0 Å². The van der Waals surface area contributed by atoms with E-state index in [4.69, 9.17) is 23.2 Å². The SMILES string of the molecule is Cc1ccc(CNC(=O)[C@@H](C)N(c2cc(Cl)cc(Cl)c2)S(C)(=O)=O)cc1. The van der Waals surface area contributed by atoms with E-state index < -0.39 is 22.0 Å². The molecule has 0 saturated heterocycles. The summed E-state index contributed by atoms with van der Waals surface area (Å²) in [5, 5.41) is 3.33. The monoisotopic (exact) mass is 414 g/mol. The third kappa shape index (κ3) is 5.37. The Labute approximate surface area is 164 Å². The van der Waals surface area contributed by atoms with Gasteiger partial charge in [-0.25, -0.2) is 8.42 Å². The lowest BCUT2D eigenvalue weighted by Gasteiger charge is -2.28. The Hall–Kier alpha value is -1.76. The molecule has 0 aliphatic heterocycles. The van der Waals surface area contributed by atoms with Gasteiger partial charge in [0, 0.05) is 16.6 Å². The number of benzene rings is 2. The molecule has 1 amide bonds. The van der Waals surface area contributed by atoms with Crippen LogP contribution < -0.4 is 9.62 Å². The van der Waals surface area contributed by atoms with E-state index >= 15 is 0 Å². The number of amides is 1. The number of aryl methyl sites for hydroxylation is 1. The van der Waals surface area contributed by atoms with Crippen molar-refractivity contribution in [2.75, 3.05) is 10.6 Å². The summed E-state index contributed by atoms with van der Waals surface area (Å²) in [5.41, 5.74) is 2.28. The summed E-state index contributed by atoms with van der Waals surface area (Å²) in [5.74, 6) is -0.424. The molecule has 0 saturated carbocycles. The third-order valence-corrected chi connectivity index (χ3v) is 5.46. The van der Waals surface area contributed by atoms with E-state index in [1.54, 1.807) is 0 Å². The Morgan fingerprint density at radius 1 is 1.12 bits per heavy atom. The lowest BCUT2D eigenvalue weighted by molar-refractivity contribution is -0.122. The molecule has 0 bridgehead atoms. The number of nitrogens with one attached hydrogen (secondary N) is 1. The number of carbonyl (C=O) groups excluding carboxylic acids is 1. The minimum Gasteiger partial charge on any atom is -0.350 e. The Morgan fingerprint density at radius 3 is 2.15 bits per heavy atom. The fourth-order valence-electron chi connectivity index (χ4n) is 2.52. The second kappa shape index (κ2) is 8.29. The topological polar surface area (TPSA) is 66.5 Å². The first-order valence-electron chi connectivity index (χ1n) is 7.86. The maximum absolute atomic E-state index is 12.5. The molecule has 0 heterocycles. The molecule has 2 aromatic rings. The molecule has 0 aliphatic rings. The van der Waals surface area contributed by atoms with Crippen LogP contribution in [0.2, 0.25) is 10.0 Å². The molecule has 0 aromatic heterocycles. The normalized spacial score (nSPS) is 12.5. The van der Waals surface area contributed by atoms with Gasteiger partial charge in [0.15, 0.2) is 0 Å². The van der Waals surface area contributed by atoms with Crippen LogP contribution in [0, 0.1) is 6.92 Å². The first kappa shape index (κ1) is 20.6. The number of carbonyl (C=O) groups is 1. The zero-order valence-electron chi connectivity index (χ0n) is 14.7. The molecule has 0 spiro atoms. The quantitative estimate of drug-likeness (QED) is 0.781. The predicted molar refractivity (Wildman–Crippen MR) is 106 cm³/mol. The molecule has 1 atom stereocenters. The maximum Gasteiger partial charge on any atom is 0.243 e. The molecule has 0 radical (unpaired) electrons. The minimum absolute atomic E-state index is 0.239. The molecule has 0 unspecified atom stereocenters. The van der Waals surface area contributed by atoms with Crippen LogP contribution in [0.15, 0.2) is 42.5 Å². The lowest BCUT2D eigenvalue weighted by Crippen LogP contribution is -2.47. The molecule has 1 N–H and O–H groups in total. The fourth-order valence-corrected chi connectivity index (χ4v) is 4.19. The predicted octanol–water partition coefficient (Wildman–Crippen LogP) is 3.77. The van der Waals surface area contributed by atoms with Crippen molar-refractivity contribution in [3.05, 3.63) is 63.6 Å². The van der Waals surface area contributed by atoms with Gasteiger partial charge in [0.1, 0.15) is 6.04 Å². The van der Waals surface area contributed by atoms with E-state index in [1.807, 2.05) is 31.2 Å². The molecule has 0 aliphatic carbocycles. The summed E-state index contributed by atoms with van der Waals surface area (Å²) in [6, 6.07) is 11.1. The summed E-state index contributed by atoms with van der Waals surface area (Å²) in [4.78, 5) is 12.5. The van der Waals surface area contributed by atoms with Crippen molar-refractivity contribution in [2.24, 2.45) is 0 Å². The highest BCUT2D eigenvalue weighted by Gasteiger charge is 2.29. The van der Waals surface area contributed by atoms with Gasteiger partial charge in [-0.1, -0.05) is 53.0 Å². The highest BCUT2D eigenvalue weighted by atomic mass is 35.5. The number of anilines is 1. The van der Waals surface area contributed by atoms with Crippen LogP contribution in [-0.4, -0.2) is 26.6 Å². The maximum atomic E-state index is 12.5. The zero-order chi connectivity index (χ0) is 19.5. The van der Waals surface area contributed by atoms with Crippen molar-refractivity contribution in [3.63, 3.8) is 0 Å². The van der Waals surface area contributed by atoms with Gasteiger partial charge >= 0.3 is 0 Å². The zero-order valence-corrected chi connectivity index (χ0v) is 17.0. The summed E-state index contributed by atoms with van der Waals surface area (Å²) >= 11 is 12.0. The van der Waals surface area contributed by atoms with Gasteiger partial charge in [-0.05, 0) is 37.6 Å². The number of nitrogens with zero attached hydrogens (tertiary/aromatic N) is 1. The van der Waals surface area contributed by atoms with Crippen molar-refractivity contribution in [1.82, 2.24) is 5.32 Å². The molecule has 2 aromatic carbocycles. The molecule has 26 heavy (non-hydrogen) atoms. The number of sulfonamides is 1. The second-order valence-corrected chi connectivity index (χ2v) is 8.80. The largest absolute Gasteiger partial charge is 0.350 e. The standard InChI is InChI=1S/C18H20Cl2N2O3S/c1-12-4-6-14(7-5-12)11-21-18(23)13(2)22(26(3,24)25)17-9-15(19)8-16(20)10-17/h4-10,13H,11H2,1-3H3,(H,21,23)/t13-/m1/s1. The van der Waals surface area contributed by atoms with Gasteiger partial charge in [-0.15, -0.1) is 0 Å². The molecule has 5 nitrogen and oxygen atoms in total. The first-order valence-corrected chi connectivity index (χ1v) is 10.5. The highest BCUT2D eigenvalue weighted by Crippen LogP contribution is 2.28. The Balaban J connectivity index is 2.22. The van der Waals surface area contributed by atoms with Gasteiger partial charge in [0.05, 0.1) is 11.9 Å². The van der Waals surface area contributed by atoms with Crippen LogP contribution in [0.4, 0.5) is 5.69 Å². The molecule has 8 heteroatoms. The second-order valence-electron chi connectivity index (χ2n) is 6.07. The van der Waals surface area contributed by atoms with Crippen molar-refractivity contribution in [2.45, 2.75) is 26.4 Å². The molecular weight excluding hydrogens is 395 g/mol. The van der Waals surface area contributed by atoms with Gasteiger partial charge < -0.3 is 5.32 Å². The van der Waals surface area contributed by atoms with Gasteiger partial charge in [-0.2, -0.15) is 0 Å². The molecule has 2 rings (SSSR count). The molecular formula is C18H20Cl2N2O3S. The number of halogens is 2. The Morgan fingerprint density at radius 2 is 1.65 bits per heavy atom. The van der Waals surface area contributed by atoms with Crippen LogP contribution in [0.25, 0.3) is 0 Å². The van der Waals surface area contributed by atoms with E-state index in [0.717, 1.165) is 21.7 Å². The fraction of sp³-hybridized carbons (Fsp3) is 0.278. The van der Waals surface area contributed by atoms with E-state index in [0.29, 0.717) is 6.54 Å². The molecule has 140 valence electrons. The van der Waals surface area contributed by atoms with Gasteiger partial charge in [0.2, 0.25) is 15.9 Å². The van der Waals surface area contributed by atoms with Crippen LogP contribution in [-0.2, 0) is 21.4 Å². The van der Waals surface area contributed by atoms with E-state index in [1.165, 1.54) is 25.1 Å². The number of rotatable bonds is 6. The Bertz CT molecular complexity index is 879. The summed E-state index contributed by atoms with van der Waals surface area (Å²) in [7, 11) is -3.73. The van der Waals surface area contributed by atoms with Crippen molar-refractivity contribution < 1.29 is 13.2 Å². The smallest absolute Gasteiger partial charge is 0.243 e. The number of hydrogen-bond acceptors (Lipinski definition) is 3. The van der Waals surface area contributed by atoms with Crippen LogP contribution in [0.3, 0.4) is 0 Å². The average molecular weight is 415 g/mol. The summed E-state index contributed by atoms with van der Waals surface area (Å²) in [6.45, 7) is 3.79. The van der Waals surface area contributed by atoms with Crippen molar-refractivity contribution in [3.8, 4) is 0 Å². The summed E-state index contributed by atoms with van der Waals surface area (Å²) < 4.78 is 25.6. The highest BCUT2D eigenvalue weighted by molar-refractivity contribution is 7.92. The van der Waals surface area contributed by atoms with Crippen LogP contribution >= 0.6 is 23.2 Å². The third-order valence-electron chi connectivity index (χ3n) is 3.78. The summed E-state index contributed by atoms with van der Waals surface area (Å²) in [6.07, 6.45) is 1.03.